The van der Waals surface area contributed by atoms with Gasteiger partial charge in [-0.1, -0.05) is 12.2 Å². The molecule has 3 rings (SSSR count). The van der Waals surface area contributed by atoms with Crippen LogP contribution in [0, 0.1) is 23.7 Å². The summed E-state index contributed by atoms with van der Waals surface area (Å²) < 4.78 is 0. The van der Waals surface area contributed by atoms with Crippen molar-refractivity contribution in [2.75, 3.05) is 0 Å². The lowest BCUT2D eigenvalue weighted by atomic mass is 9.73. The first-order valence-corrected chi connectivity index (χ1v) is 5.60. The Kier molecular flexibility index (Phi) is 1.55. The largest absolute Gasteiger partial charge is 0.123 e. The molecule has 66 valence electrons. The van der Waals surface area contributed by atoms with Crippen LogP contribution in [0.2, 0.25) is 0 Å². The molecule has 3 aliphatic carbocycles. The van der Waals surface area contributed by atoms with Crippen molar-refractivity contribution in [2.45, 2.75) is 31.1 Å². The predicted octanol–water partition coefficient (Wildman–Crippen LogP) is 3.22. The molecule has 0 aliphatic heterocycles. The Labute approximate surface area is 79.0 Å². The van der Waals surface area contributed by atoms with Gasteiger partial charge in [0.05, 0.1) is 0 Å². The van der Waals surface area contributed by atoms with Crippen molar-refractivity contribution in [3.05, 3.63) is 12.2 Å². The average Bonchev–Trinajstić information content (AvgIpc) is 2.63. The van der Waals surface area contributed by atoms with Crippen LogP contribution in [0.1, 0.15) is 25.7 Å². The van der Waals surface area contributed by atoms with Crippen molar-refractivity contribution in [1.29, 1.82) is 0 Å². The van der Waals surface area contributed by atoms with Gasteiger partial charge >= 0.3 is 0 Å². The minimum Gasteiger partial charge on any atom is -0.123 e. The van der Waals surface area contributed by atoms with E-state index >= 15 is 0 Å². The maximum absolute atomic E-state index is 6.20. The van der Waals surface area contributed by atoms with Crippen molar-refractivity contribution >= 4 is 11.6 Å². The van der Waals surface area contributed by atoms with Crippen LogP contribution in [0.5, 0.6) is 0 Å². The third-order valence-electron chi connectivity index (χ3n) is 4.14. The Bertz CT molecular complexity index is 221. The van der Waals surface area contributed by atoms with E-state index in [1.165, 1.54) is 25.7 Å². The molecule has 3 aliphatic rings. The SMILES string of the molecule is ClC1CCC2C3C=CC(C3)C2C1. The number of hydrogen-bond acceptors (Lipinski definition) is 0. The van der Waals surface area contributed by atoms with Crippen LogP contribution in [0.25, 0.3) is 0 Å². The summed E-state index contributed by atoms with van der Waals surface area (Å²) in [5, 5.41) is 0.485. The second-order valence-corrected chi connectivity index (χ2v) is 5.30. The summed E-state index contributed by atoms with van der Waals surface area (Å²) >= 11 is 6.20. The molecule has 0 saturated heterocycles. The number of alkyl halides is 1. The molecule has 0 N–H and O–H groups in total. The van der Waals surface area contributed by atoms with Crippen LogP contribution in [0.3, 0.4) is 0 Å². The normalized spacial score (nSPS) is 55.9. The van der Waals surface area contributed by atoms with Gasteiger partial charge in [-0.2, -0.15) is 0 Å². The van der Waals surface area contributed by atoms with Gasteiger partial charge in [-0.15, -0.1) is 11.6 Å². The Balaban J connectivity index is 1.85. The monoisotopic (exact) mass is 182 g/mol. The highest BCUT2D eigenvalue weighted by molar-refractivity contribution is 6.20. The molecule has 0 spiro atoms. The minimum atomic E-state index is 0.485. The second kappa shape index (κ2) is 2.51. The van der Waals surface area contributed by atoms with Gasteiger partial charge in [-0.05, 0) is 49.4 Å². The summed E-state index contributed by atoms with van der Waals surface area (Å²) in [4.78, 5) is 0. The zero-order valence-corrected chi connectivity index (χ0v) is 8.00. The van der Waals surface area contributed by atoms with Gasteiger partial charge in [-0.25, -0.2) is 0 Å². The molecule has 0 aromatic carbocycles. The van der Waals surface area contributed by atoms with Crippen molar-refractivity contribution in [2.24, 2.45) is 23.7 Å². The van der Waals surface area contributed by atoms with Crippen molar-refractivity contribution in [3.8, 4) is 0 Å². The van der Waals surface area contributed by atoms with Gasteiger partial charge in [0.2, 0.25) is 0 Å². The van der Waals surface area contributed by atoms with Crippen molar-refractivity contribution < 1.29 is 0 Å². The lowest BCUT2D eigenvalue weighted by Gasteiger charge is -2.34. The van der Waals surface area contributed by atoms with E-state index in [0.717, 1.165) is 23.7 Å². The Hall–Kier alpha value is 0.0300. The Morgan fingerprint density at radius 3 is 2.50 bits per heavy atom. The number of hydrogen-bond donors (Lipinski definition) is 0. The molecule has 0 aromatic rings. The smallest absolute Gasteiger partial charge is 0.0339 e. The van der Waals surface area contributed by atoms with E-state index < -0.39 is 0 Å². The molecule has 0 nitrogen and oxygen atoms in total. The summed E-state index contributed by atoms with van der Waals surface area (Å²) in [6.07, 6.45) is 10.3. The summed E-state index contributed by atoms with van der Waals surface area (Å²) in [7, 11) is 0. The van der Waals surface area contributed by atoms with Crippen LogP contribution in [0.15, 0.2) is 12.2 Å². The van der Waals surface area contributed by atoms with Crippen LogP contribution >= 0.6 is 11.6 Å². The summed E-state index contributed by atoms with van der Waals surface area (Å²) in [5.41, 5.74) is 0. The highest BCUT2D eigenvalue weighted by Crippen LogP contribution is 2.54. The Morgan fingerprint density at radius 1 is 0.917 bits per heavy atom. The fourth-order valence-electron chi connectivity index (χ4n) is 3.59. The van der Waals surface area contributed by atoms with Gasteiger partial charge in [0.25, 0.3) is 0 Å². The van der Waals surface area contributed by atoms with Gasteiger partial charge in [0.1, 0.15) is 0 Å². The maximum atomic E-state index is 6.20. The first-order chi connectivity index (χ1) is 5.84. The summed E-state index contributed by atoms with van der Waals surface area (Å²) in [6.45, 7) is 0. The summed E-state index contributed by atoms with van der Waals surface area (Å²) in [6, 6.07) is 0. The summed E-state index contributed by atoms with van der Waals surface area (Å²) in [5.74, 6) is 3.80. The van der Waals surface area contributed by atoms with E-state index in [0.29, 0.717) is 5.38 Å². The molecule has 0 aromatic heterocycles. The van der Waals surface area contributed by atoms with E-state index in [9.17, 15) is 0 Å². The van der Waals surface area contributed by atoms with E-state index in [1.54, 1.807) is 0 Å². The molecule has 0 radical (unpaired) electrons. The molecule has 2 saturated carbocycles. The van der Waals surface area contributed by atoms with E-state index in [-0.39, 0.29) is 0 Å². The lowest BCUT2D eigenvalue weighted by molar-refractivity contribution is 0.225. The zero-order valence-electron chi connectivity index (χ0n) is 7.25. The van der Waals surface area contributed by atoms with E-state index in [4.69, 9.17) is 11.6 Å². The highest BCUT2D eigenvalue weighted by Gasteiger charge is 2.46. The third kappa shape index (κ3) is 0.907. The molecule has 2 bridgehead atoms. The van der Waals surface area contributed by atoms with Crippen molar-refractivity contribution in [1.82, 2.24) is 0 Å². The maximum Gasteiger partial charge on any atom is 0.0339 e. The number of fused-ring (bicyclic) bond motifs is 5. The first kappa shape index (κ1) is 7.44. The molecular formula is C11H15Cl. The molecular weight excluding hydrogens is 168 g/mol. The van der Waals surface area contributed by atoms with Crippen molar-refractivity contribution in [3.63, 3.8) is 0 Å². The fourth-order valence-corrected chi connectivity index (χ4v) is 3.92. The van der Waals surface area contributed by atoms with E-state index in [1.807, 2.05) is 0 Å². The number of allylic oxidation sites excluding steroid dienone is 2. The molecule has 1 heteroatoms. The topological polar surface area (TPSA) is 0 Å². The number of rotatable bonds is 0. The second-order valence-electron chi connectivity index (χ2n) is 4.69. The van der Waals surface area contributed by atoms with E-state index in [2.05, 4.69) is 12.2 Å². The third-order valence-corrected chi connectivity index (χ3v) is 4.54. The lowest BCUT2D eigenvalue weighted by Crippen LogP contribution is -2.28. The van der Waals surface area contributed by atoms with Crippen LogP contribution < -0.4 is 0 Å². The quantitative estimate of drug-likeness (QED) is 0.399. The molecule has 12 heavy (non-hydrogen) atoms. The standard InChI is InChI=1S/C11H15Cl/c12-9-3-4-10-7-1-2-8(5-7)11(10)6-9/h1-2,7-11H,3-6H2. The fraction of sp³-hybridized carbons (Fsp3) is 0.818. The molecule has 5 atom stereocenters. The van der Waals surface area contributed by atoms with Gasteiger partial charge in [-0.3, -0.25) is 0 Å². The average molecular weight is 183 g/mol. The van der Waals surface area contributed by atoms with Crippen LogP contribution in [-0.2, 0) is 0 Å². The van der Waals surface area contributed by atoms with Crippen LogP contribution in [-0.4, -0.2) is 5.38 Å². The van der Waals surface area contributed by atoms with Gasteiger partial charge < -0.3 is 0 Å². The molecule has 5 unspecified atom stereocenters. The number of halogens is 1. The van der Waals surface area contributed by atoms with Gasteiger partial charge in [0, 0.05) is 5.38 Å². The predicted molar refractivity (Wildman–Crippen MR) is 51.2 cm³/mol. The highest BCUT2D eigenvalue weighted by atomic mass is 35.5. The molecule has 2 fully saturated rings. The molecule has 0 heterocycles. The van der Waals surface area contributed by atoms with Crippen LogP contribution in [0.4, 0.5) is 0 Å². The zero-order chi connectivity index (χ0) is 8.13. The minimum absolute atomic E-state index is 0.485. The molecule has 0 amide bonds. The first-order valence-electron chi connectivity index (χ1n) is 5.17. The van der Waals surface area contributed by atoms with Gasteiger partial charge in [0.15, 0.2) is 0 Å². The Morgan fingerprint density at radius 2 is 1.67 bits per heavy atom.